The summed E-state index contributed by atoms with van der Waals surface area (Å²) in [6, 6.07) is 0. The third-order valence-electron chi connectivity index (χ3n) is 3.14. The van der Waals surface area contributed by atoms with Gasteiger partial charge in [-0.1, -0.05) is 46.5 Å². The molecule has 0 rings (SSSR count). The molecule has 0 aromatic rings. The van der Waals surface area contributed by atoms with E-state index < -0.39 is 5.60 Å². The summed E-state index contributed by atoms with van der Waals surface area (Å²) in [6.07, 6.45) is 6.01. The van der Waals surface area contributed by atoms with Crippen molar-refractivity contribution in [1.29, 1.82) is 0 Å². The van der Waals surface area contributed by atoms with Gasteiger partial charge in [0.2, 0.25) is 0 Å². The number of hydrogen-bond acceptors (Lipinski definition) is 1. The van der Waals surface area contributed by atoms with E-state index in [1.54, 1.807) is 0 Å². The molecule has 14 heavy (non-hydrogen) atoms. The van der Waals surface area contributed by atoms with Gasteiger partial charge in [0.05, 0.1) is 5.60 Å². The highest BCUT2D eigenvalue weighted by atomic mass is 16.3. The molecule has 2 unspecified atom stereocenters. The average Bonchev–Trinajstić information content (AvgIpc) is 2.09. The van der Waals surface area contributed by atoms with E-state index in [-0.39, 0.29) is 0 Å². The minimum absolute atomic E-state index is 0.498. The van der Waals surface area contributed by atoms with Crippen LogP contribution in [0.3, 0.4) is 0 Å². The van der Waals surface area contributed by atoms with Crippen LogP contribution in [0.25, 0.3) is 0 Å². The first kappa shape index (κ1) is 14.0. The predicted octanol–water partition coefficient (Wildman–Crippen LogP) is 4.00. The number of unbranched alkanes of at least 4 members (excludes halogenated alkanes) is 1. The Balaban J connectivity index is 4.10. The Bertz CT molecular complexity index is 135. The van der Waals surface area contributed by atoms with Gasteiger partial charge in [0, 0.05) is 0 Å². The minimum atomic E-state index is -0.498. The normalized spacial score (nSPS) is 16.7. The quantitative estimate of drug-likeness (QED) is 0.658. The Morgan fingerprint density at radius 3 is 2.14 bits per heavy atom. The Hall–Kier alpha value is -0.0400. The molecular formula is C13H28O. The van der Waals surface area contributed by atoms with Crippen molar-refractivity contribution in [1.82, 2.24) is 0 Å². The Morgan fingerprint density at radius 1 is 1.21 bits per heavy atom. The highest BCUT2D eigenvalue weighted by molar-refractivity contribution is 4.75. The summed E-state index contributed by atoms with van der Waals surface area (Å²) in [5, 5.41) is 9.83. The van der Waals surface area contributed by atoms with Gasteiger partial charge in [-0.3, -0.25) is 0 Å². The minimum Gasteiger partial charge on any atom is -0.390 e. The van der Waals surface area contributed by atoms with Crippen molar-refractivity contribution < 1.29 is 5.11 Å². The van der Waals surface area contributed by atoms with Crippen molar-refractivity contribution in [3.8, 4) is 0 Å². The molecule has 0 amide bonds. The SMILES string of the molecule is CCCCC(CC(C)(C)O)C(C)CC. The van der Waals surface area contributed by atoms with E-state index in [4.69, 9.17) is 0 Å². The van der Waals surface area contributed by atoms with Gasteiger partial charge in [-0.15, -0.1) is 0 Å². The smallest absolute Gasteiger partial charge is 0.0594 e. The zero-order valence-corrected chi connectivity index (χ0v) is 10.6. The standard InChI is InChI=1S/C13H28O/c1-6-8-9-12(11(3)7-2)10-13(4,5)14/h11-12,14H,6-10H2,1-5H3. The van der Waals surface area contributed by atoms with Crippen LogP contribution in [0.4, 0.5) is 0 Å². The maximum atomic E-state index is 9.83. The number of hydrogen-bond donors (Lipinski definition) is 1. The van der Waals surface area contributed by atoms with Crippen LogP contribution in [0.1, 0.15) is 66.7 Å². The second kappa shape index (κ2) is 6.44. The first-order valence-corrected chi connectivity index (χ1v) is 6.13. The predicted molar refractivity (Wildman–Crippen MR) is 63.4 cm³/mol. The number of aliphatic hydroxyl groups is 1. The van der Waals surface area contributed by atoms with E-state index in [1.165, 1.54) is 25.7 Å². The van der Waals surface area contributed by atoms with Crippen molar-refractivity contribution in [2.45, 2.75) is 72.3 Å². The third-order valence-corrected chi connectivity index (χ3v) is 3.14. The van der Waals surface area contributed by atoms with Crippen LogP contribution in [0, 0.1) is 11.8 Å². The lowest BCUT2D eigenvalue weighted by molar-refractivity contribution is 0.0397. The molecule has 1 N–H and O–H groups in total. The van der Waals surface area contributed by atoms with E-state index >= 15 is 0 Å². The maximum absolute atomic E-state index is 9.83. The van der Waals surface area contributed by atoms with Crippen molar-refractivity contribution in [2.75, 3.05) is 0 Å². The van der Waals surface area contributed by atoms with Gasteiger partial charge < -0.3 is 5.11 Å². The van der Waals surface area contributed by atoms with Crippen LogP contribution in [0.2, 0.25) is 0 Å². The first-order valence-electron chi connectivity index (χ1n) is 6.13. The van der Waals surface area contributed by atoms with E-state index in [1.807, 2.05) is 13.8 Å². The molecule has 0 spiro atoms. The molecule has 0 bridgehead atoms. The Morgan fingerprint density at radius 2 is 1.79 bits per heavy atom. The van der Waals surface area contributed by atoms with Crippen molar-refractivity contribution >= 4 is 0 Å². The molecule has 0 aliphatic heterocycles. The van der Waals surface area contributed by atoms with Crippen molar-refractivity contribution in [3.05, 3.63) is 0 Å². The highest BCUT2D eigenvalue weighted by Crippen LogP contribution is 2.29. The van der Waals surface area contributed by atoms with Gasteiger partial charge in [0.15, 0.2) is 0 Å². The van der Waals surface area contributed by atoms with E-state index in [9.17, 15) is 5.11 Å². The second-order valence-corrected chi connectivity index (χ2v) is 5.30. The monoisotopic (exact) mass is 200 g/mol. The lowest BCUT2D eigenvalue weighted by atomic mass is 9.80. The fourth-order valence-electron chi connectivity index (χ4n) is 2.03. The summed E-state index contributed by atoms with van der Waals surface area (Å²) in [7, 11) is 0. The molecule has 1 nitrogen and oxygen atoms in total. The molecule has 0 radical (unpaired) electrons. The average molecular weight is 200 g/mol. The molecule has 86 valence electrons. The molecule has 0 fully saturated rings. The van der Waals surface area contributed by atoms with Gasteiger partial charge in [0.25, 0.3) is 0 Å². The van der Waals surface area contributed by atoms with Crippen LogP contribution in [0.5, 0.6) is 0 Å². The molecule has 1 heteroatoms. The third kappa shape index (κ3) is 6.42. The molecular weight excluding hydrogens is 172 g/mol. The summed E-state index contributed by atoms with van der Waals surface area (Å²) in [5.41, 5.74) is -0.498. The molecule has 0 heterocycles. The fourth-order valence-corrected chi connectivity index (χ4v) is 2.03. The van der Waals surface area contributed by atoms with Crippen LogP contribution in [0.15, 0.2) is 0 Å². The molecule has 0 aliphatic carbocycles. The van der Waals surface area contributed by atoms with Crippen molar-refractivity contribution in [3.63, 3.8) is 0 Å². The molecule has 0 aromatic carbocycles. The van der Waals surface area contributed by atoms with E-state index in [2.05, 4.69) is 20.8 Å². The summed E-state index contributed by atoms with van der Waals surface area (Å²) in [5.74, 6) is 1.44. The summed E-state index contributed by atoms with van der Waals surface area (Å²) in [4.78, 5) is 0. The highest BCUT2D eigenvalue weighted by Gasteiger charge is 2.23. The van der Waals surface area contributed by atoms with Crippen LogP contribution < -0.4 is 0 Å². The molecule has 0 aromatic heterocycles. The first-order chi connectivity index (χ1) is 6.40. The van der Waals surface area contributed by atoms with Crippen molar-refractivity contribution in [2.24, 2.45) is 11.8 Å². The molecule has 2 atom stereocenters. The second-order valence-electron chi connectivity index (χ2n) is 5.30. The van der Waals surface area contributed by atoms with Gasteiger partial charge >= 0.3 is 0 Å². The Kier molecular flexibility index (Phi) is 6.43. The van der Waals surface area contributed by atoms with Crippen LogP contribution >= 0.6 is 0 Å². The summed E-state index contributed by atoms with van der Waals surface area (Å²) in [6.45, 7) is 10.6. The van der Waals surface area contributed by atoms with E-state index in [0.29, 0.717) is 5.92 Å². The topological polar surface area (TPSA) is 20.2 Å². The molecule has 0 aliphatic rings. The van der Waals surface area contributed by atoms with Gasteiger partial charge in [0.1, 0.15) is 0 Å². The number of rotatable bonds is 7. The summed E-state index contributed by atoms with van der Waals surface area (Å²) < 4.78 is 0. The van der Waals surface area contributed by atoms with Crippen LogP contribution in [-0.4, -0.2) is 10.7 Å². The lowest BCUT2D eigenvalue weighted by Gasteiger charge is -2.29. The van der Waals surface area contributed by atoms with E-state index in [0.717, 1.165) is 12.3 Å². The largest absolute Gasteiger partial charge is 0.390 e. The van der Waals surface area contributed by atoms with Gasteiger partial charge in [-0.25, -0.2) is 0 Å². The summed E-state index contributed by atoms with van der Waals surface area (Å²) >= 11 is 0. The lowest BCUT2D eigenvalue weighted by Crippen LogP contribution is -2.26. The van der Waals surface area contributed by atoms with Crippen LogP contribution in [-0.2, 0) is 0 Å². The zero-order chi connectivity index (χ0) is 11.2. The molecule has 0 saturated carbocycles. The Labute approximate surface area is 89.9 Å². The molecule has 0 saturated heterocycles. The fraction of sp³-hybridized carbons (Fsp3) is 1.00. The maximum Gasteiger partial charge on any atom is 0.0594 e. The van der Waals surface area contributed by atoms with Gasteiger partial charge in [-0.2, -0.15) is 0 Å². The zero-order valence-electron chi connectivity index (χ0n) is 10.6. The van der Waals surface area contributed by atoms with Gasteiger partial charge in [-0.05, 0) is 32.1 Å².